The Morgan fingerprint density at radius 1 is 1.16 bits per heavy atom. The van der Waals surface area contributed by atoms with Crippen molar-refractivity contribution in [3.8, 4) is 0 Å². The Balaban J connectivity index is 1.61. The number of benzene rings is 1. The second-order valence-electron chi connectivity index (χ2n) is 6.39. The first-order valence-electron chi connectivity index (χ1n) is 7.85. The molecule has 0 heterocycles. The van der Waals surface area contributed by atoms with Gasteiger partial charge in [-0.2, -0.15) is 0 Å². The number of nitrogens with one attached hydrogen (secondary N) is 1. The van der Waals surface area contributed by atoms with E-state index in [1.54, 1.807) is 11.1 Å². The van der Waals surface area contributed by atoms with Crippen molar-refractivity contribution in [2.75, 3.05) is 11.9 Å². The summed E-state index contributed by atoms with van der Waals surface area (Å²) in [5, 5.41) is 3.69. The molecule has 0 bridgehead atoms. The van der Waals surface area contributed by atoms with Crippen molar-refractivity contribution in [3.63, 3.8) is 0 Å². The Kier molecular flexibility index (Phi) is 3.79. The zero-order chi connectivity index (χ0) is 13.2. The lowest BCUT2D eigenvalue weighted by Crippen LogP contribution is -2.29. The van der Waals surface area contributed by atoms with Crippen molar-refractivity contribution < 1.29 is 0 Å². The van der Waals surface area contributed by atoms with Gasteiger partial charge in [0, 0.05) is 18.3 Å². The highest BCUT2D eigenvalue weighted by molar-refractivity contribution is 5.57. The van der Waals surface area contributed by atoms with E-state index in [4.69, 9.17) is 5.73 Å². The predicted molar refractivity (Wildman–Crippen MR) is 81.6 cm³/mol. The number of nitrogens with two attached hydrogens (primary N) is 1. The van der Waals surface area contributed by atoms with Gasteiger partial charge in [-0.05, 0) is 80.5 Å². The molecule has 104 valence electrons. The first kappa shape index (κ1) is 13.0. The third-order valence-corrected chi connectivity index (χ3v) is 5.04. The predicted octanol–water partition coefficient (Wildman–Crippen LogP) is 3.41. The molecule has 0 saturated heterocycles. The maximum atomic E-state index is 5.97. The molecule has 0 atom stereocenters. The van der Waals surface area contributed by atoms with Crippen LogP contribution in [0.4, 0.5) is 5.69 Å². The van der Waals surface area contributed by atoms with Crippen molar-refractivity contribution in [2.24, 2.45) is 11.7 Å². The van der Waals surface area contributed by atoms with Crippen LogP contribution in [0, 0.1) is 12.8 Å². The van der Waals surface area contributed by atoms with Crippen LogP contribution in [-0.4, -0.2) is 12.6 Å². The fourth-order valence-corrected chi connectivity index (χ4v) is 3.69. The minimum Gasteiger partial charge on any atom is -0.385 e. The van der Waals surface area contributed by atoms with E-state index in [0.29, 0.717) is 6.04 Å². The molecular weight excluding hydrogens is 232 g/mol. The zero-order valence-electron chi connectivity index (χ0n) is 12.0. The molecule has 2 nitrogen and oxygen atoms in total. The highest BCUT2D eigenvalue weighted by Gasteiger charge is 2.19. The average Bonchev–Trinajstić information content (AvgIpc) is 2.89. The van der Waals surface area contributed by atoms with E-state index in [-0.39, 0.29) is 0 Å². The number of fused-ring (bicyclic) bond motifs is 1. The van der Waals surface area contributed by atoms with Gasteiger partial charge < -0.3 is 11.1 Å². The Morgan fingerprint density at radius 2 is 1.95 bits per heavy atom. The fraction of sp³-hybridized carbons (Fsp3) is 0.647. The van der Waals surface area contributed by atoms with Gasteiger partial charge in [-0.3, -0.25) is 0 Å². The highest BCUT2D eigenvalue weighted by atomic mass is 14.9. The number of anilines is 1. The third kappa shape index (κ3) is 2.79. The van der Waals surface area contributed by atoms with Crippen LogP contribution in [0.15, 0.2) is 12.1 Å². The van der Waals surface area contributed by atoms with Gasteiger partial charge in [0.15, 0.2) is 0 Å². The van der Waals surface area contributed by atoms with Gasteiger partial charge in [0.1, 0.15) is 0 Å². The van der Waals surface area contributed by atoms with E-state index >= 15 is 0 Å². The Hall–Kier alpha value is -1.02. The molecule has 0 aliphatic heterocycles. The lowest BCUT2D eigenvalue weighted by molar-refractivity contribution is 0.339. The first-order chi connectivity index (χ1) is 9.24. The summed E-state index contributed by atoms with van der Waals surface area (Å²) in [7, 11) is 0. The SMILES string of the molecule is Cc1c(NCC2CCC(N)CC2)ccc2c1CCC2. The second kappa shape index (κ2) is 5.54. The van der Waals surface area contributed by atoms with E-state index in [9.17, 15) is 0 Å². The van der Waals surface area contributed by atoms with Crippen molar-refractivity contribution in [2.45, 2.75) is 57.9 Å². The lowest BCUT2D eigenvalue weighted by atomic mass is 9.86. The summed E-state index contributed by atoms with van der Waals surface area (Å²) in [5.41, 5.74) is 12.0. The molecular formula is C17H26N2. The molecule has 0 spiro atoms. The molecule has 0 radical (unpaired) electrons. The van der Waals surface area contributed by atoms with Crippen LogP contribution in [0.1, 0.15) is 48.8 Å². The van der Waals surface area contributed by atoms with E-state index in [1.165, 1.54) is 56.2 Å². The fourth-order valence-electron chi connectivity index (χ4n) is 3.69. The summed E-state index contributed by atoms with van der Waals surface area (Å²) in [6, 6.07) is 5.07. The van der Waals surface area contributed by atoms with E-state index in [2.05, 4.69) is 24.4 Å². The van der Waals surface area contributed by atoms with E-state index in [1.807, 2.05) is 0 Å². The summed E-state index contributed by atoms with van der Waals surface area (Å²) in [4.78, 5) is 0. The quantitative estimate of drug-likeness (QED) is 0.872. The molecule has 0 aromatic heterocycles. The minimum atomic E-state index is 0.456. The maximum absolute atomic E-state index is 5.97. The van der Waals surface area contributed by atoms with E-state index in [0.717, 1.165) is 12.5 Å². The zero-order valence-corrected chi connectivity index (χ0v) is 12.0. The summed E-state index contributed by atoms with van der Waals surface area (Å²) in [6.07, 6.45) is 8.87. The van der Waals surface area contributed by atoms with Gasteiger partial charge >= 0.3 is 0 Å². The van der Waals surface area contributed by atoms with E-state index < -0.39 is 0 Å². The van der Waals surface area contributed by atoms with Crippen LogP contribution in [0.5, 0.6) is 0 Å². The molecule has 3 rings (SSSR count). The number of hydrogen-bond acceptors (Lipinski definition) is 2. The van der Waals surface area contributed by atoms with Gasteiger partial charge in [0.25, 0.3) is 0 Å². The summed E-state index contributed by atoms with van der Waals surface area (Å²) in [6.45, 7) is 3.40. The highest BCUT2D eigenvalue weighted by Crippen LogP contribution is 2.30. The van der Waals surface area contributed by atoms with Gasteiger partial charge in [-0.15, -0.1) is 0 Å². The van der Waals surface area contributed by atoms with Gasteiger partial charge in [0.05, 0.1) is 0 Å². The van der Waals surface area contributed by atoms with Crippen LogP contribution in [0.3, 0.4) is 0 Å². The molecule has 2 aliphatic rings. The Labute approximate surface area is 116 Å². The monoisotopic (exact) mass is 258 g/mol. The van der Waals surface area contributed by atoms with Gasteiger partial charge in [0.2, 0.25) is 0 Å². The lowest BCUT2D eigenvalue weighted by Gasteiger charge is -2.27. The summed E-state index contributed by atoms with van der Waals surface area (Å²) >= 11 is 0. The normalized spacial score (nSPS) is 26.2. The van der Waals surface area contributed by atoms with Crippen LogP contribution in [-0.2, 0) is 12.8 Å². The second-order valence-corrected chi connectivity index (χ2v) is 6.39. The van der Waals surface area contributed by atoms with Crippen molar-refractivity contribution in [1.82, 2.24) is 0 Å². The van der Waals surface area contributed by atoms with Crippen LogP contribution < -0.4 is 11.1 Å². The molecule has 0 amide bonds. The maximum Gasteiger partial charge on any atom is 0.0372 e. The molecule has 2 heteroatoms. The number of hydrogen-bond donors (Lipinski definition) is 2. The topological polar surface area (TPSA) is 38.0 Å². The standard InChI is InChI=1S/C17H26N2/c1-12-16-4-2-3-14(16)7-10-17(12)19-11-13-5-8-15(18)9-6-13/h7,10,13,15,19H,2-6,8-9,11,18H2,1H3. The number of rotatable bonds is 3. The van der Waals surface area contributed by atoms with Gasteiger partial charge in [-0.25, -0.2) is 0 Å². The first-order valence-corrected chi connectivity index (χ1v) is 7.85. The average molecular weight is 258 g/mol. The molecule has 1 aromatic carbocycles. The van der Waals surface area contributed by atoms with Crippen LogP contribution in [0.2, 0.25) is 0 Å². The molecule has 1 saturated carbocycles. The largest absolute Gasteiger partial charge is 0.385 e. The van der Waals surface area contributed by atoms with Crippen molar-refractivity contribution in [3.05, 3.63) is 28.8 Å². The van der Waals surface area contributed by atoms with Gasteiger partial charge in [-0.1, -0.05) is 6.07 Å². The molecule has 19 heavy (non-hydrogen) atoms. The number of aryl methyl sites for hydroxylation is 1. The van der Waals surface area contributed by atoms with Crippen molar-refractivity contribution >= 4 is 5.69 Å². The molecule has 0 unspecified atom stereocenters. The molecule has 2 aliphatic carbocycles. The Bertz CT molecular complexity index is 445. The molecule has 3 N–H and O–H groups in total. The summed E-state index contributed by atoms with van der Waals surface area (Å²) in [5.74, 6) is 0.812. The molecule has 1 aromatic rings. The van der Waals surface area contributed by atoms with Crippen molar-refractivity contribution in [1.29, 1.82) is 0 Å². The smallest absolute Gasteiger partial charge is 0.0372 e. The summed E-state index contributed by atoms with van der Waals surface area (Å²) < 4.78 is 0. The molecule has 1 fully saturated rings. The van der Waals surface area contributed by atoms with Crippen LogP contribution in [0.25, 0.3) is 0 Å². The Morgan fingerprint density at radius 3 is 2.74 bits per heavy atom. The van der Waals surface area contributed by atoms with Crippen LogP contribution >= 0.6 is 0 Å². The third-order valence-electron chi connectivity index (χ3n) is 5.04. The minimum absolute atomic E-state index is 0.456.